The van der Waals surface area contributed by atoms with Gasteiger partial charge in [-0.2, -0.15) is 0 Å². The molecule has 6 rings (SSSR count). The van der Waals surface area contributed by atoms with Crippen LogP contribution >= 0.6 is 11.6 Å². The molecule has 6 N–H and O–H groups in total. The van der Waals surface area contributed by atoms with Gasteiger partial charge in [-0.1, -0.05) is 47.6 Å². The van der Waals surface area contributed by atoms with Gasteiger partial charge in [-0.05, 0) is 136 Å². The largest absolute Gasteiger partial charge is 0.464 e. The average molecular weight is 1090 g/mol. The fourth-order valence-electron chi connectivity index (χ4n) is 14.7. The molecular weight excluding hydrogens is 995 g/mol. The van der Waals surface area contributed by atoms with Crippen molar-refractivity contribution in [1.29, 1.82) is 0 Å². The van der Waals surface area contributed by atoms with Gasteiger partial charge in [0.15, 0.2) is 23.8 Å². The Bertz CT molecular complexity index is 2160. The molecule has 2 saturated heterocycles. The summed E-state index contributed by atoms with van der Waals surface area (Å²) in [6.07, 6.45) is -4.91. The SMILES string of the molecule is CC[C@H]1OC(=O)[C@H](C)[C@@H](O)[C@H](C)[C@@H](O[C@@H]2O[C@H](C)C[C@@H](N(C)C)[C@H]2OC(=O)CCCCOC(=O)[C@@]2(O)[C@H](C)CC3C4CC(F)=C5CC(=O)C=C[C@]5(C)[C@@]4(Cl)[C@@H](O)C[C@@]32C)[C@](C)(O)C[C@@H](C)CN(C)[C@H](C)[C@@H](O)[C@]1(C)O. The maximum Gasteiger partial charge on any atom is 0.338 e. The third-order valence-electron chi connectivity index (χ3n) is 19.3. The van der Waals surface area contributed by atoms with Crippen molar-refractivity contribution in [2.24, 2.45) is 46.3 Å². The van der Waals surface area contributed by atoms with Gasteiger partial charge >= 0.3 is 17.9 Å². The zero-order valence-corrected chi connectivity index (χ0v) is 47.6. The third-order valence-corrected chi connectivity index (χ3v) is 20.2. The molecule has 2 heterocycles. The Morgan fingerprint density at radius 2 is 1.61 bits per heavy atom. The van der Waals surface area contributed by atoms with Crippen molar-refractivity contribution in [3.8, 4) is 0 Å². The molecule has 6 aliphatic rings. The molecule has 0 aromatic rings. The number of esters is 3. The van der Waals surface area contributed by atoms with E-state index < -0.39 is 147 Å². The Balaban J connectivity index is 1.14. The lowest BCUT2D eigenvalue weighted by molar-refractivity contribution is -0.301. The first-order valence-corrected chi connectivity index (χ1v) is 27.8. The topological polar surface area (TPSA) is 242 Å². The molecule has 0 aromatic carbocycles. The molecule has 19 heteroatoms. The van der Waals surface area contributed by atoms with Gasteiger partial charge in [0.05, 0.1) is 53.5 Å². The minimum atomic E-state index is -2.05. The molecule has 428 valence electrons. The van der Waals surface area contributed by atoms with E-state index in [2.05, 4.69) is 0 Å². The van der Waals surface area contributed by atoms with Gasteiger partial charge in [0, 0.05) is 48.6 Å². The van der Waals surface area contributed by atoms with E-state index in [1.807, 2.05) is 37.7 Å². The summed E-state index contributed by atoms with van der Waals surface area (Å²) in [5.41, 5.74) is -7.70. The Kier molecular flexibility index (Phi) is 18.8. The van der Waals surface area contributed by atoms with Crippen molar-refractivity contribution in [3.05, 3.63) is 23.6 Å². The van der Waals surface area contributed by atoms with E-state index in [1.54, 1.807) is 61.6 Å². The van der Waals surface area contributed by atoms with Crippen molar-refractivity contribution in [2.75, 3.05) is 34.3 Å². The molecular formula is C56H90ClFN2O15. The van der Waals surface area contributed by atoms with Crippen LogP contribution in [0.3, 0.4) is 0 Å². The first-order chi connectivity index (χ1) is 34.6. The number of ketones is 1. The second-order valence-corrected chi connectivity index (χ2v) is 25.6. The van der Waals surface area contributed by atoms with Gasteiger partial charge in [-0.15, -0.1) is 11.6 Å². The summed E-state index contributed by atoms with van der Waals surface area (Å²) in [7, 11) is 5.47. The highest BCUT2D eigenvalue weighted by atomic mass is 35.5. The highest BCUT2D eigenvalue weighted by molar-refractivity contribution is 6.26. The van der Waals surface area contributed by atoms with Crippen LogP contribution in [0.2, 0.25) is 0 Å². The van der Waals surface area contributed by atoms with Crippen LogP contribution in [0.5, 0.6) is 0 Å². The van der Waals surface area contributed by atoms with Crippen molar-refractivity contribution < 1.29 is 77.9 Å². The number of allylic oxidation sites excluding steroid dienone is 4. The van der Waals surface area contributed by atoms with Crippen molar-refractivity contribution >= 4 is 35.3 Å². The lowest BCUT2D eigenvalue weighted by atomic mass is 9.46. The molecule has 22 atom stereocenters. The van der Waals surface area contributed by atoms with Gasteiger partial charge in [0.1, 0.15) is 23.6 Å². The van der Waals surface area contributed by atoms with Gasteiger partial charge in [0.2, 0.25) is 0 Å². The number of cyclic esters (lactones) is 1. The molecule has 4 fully saturated rings. The standard InChI is InChI=1S/C56H90ClFN2O15/c1-15-42-54(11,69)46(65)34(7)60(14)28-29(2)26-53(10,68)47(32(5)44(64)33(6)48(66)73-42)75-49-45(40(59(12)13)23-31(4)72-49)74-43(63)18-16-17-21-71-50(67)56(70)30(3)22-36-37-25-39(58)38-24-35(61)19-20-51(38,8)55(37,57)41(62)27-52(36,56)9/h19-20,29-34,36-37,40-42,44-47,49,62,64-65,68-70H,15-18,21-28H2,1-14H3/t29-,30-,31-,32+,33-,34-,36?,37?,40-,41+,42-,44+,45-,46-,47-,49+,51+,52+,53-,54-,55+,56+/m1/s1. The number of carbonyl (C=O) groups excluding carboxylic acids is 4. The van der Waals surface area contributed by atoms with Crippen LogP contribution in [0.1, 0.15) is 140 Å². The zero-order valence-electron chi connectivity index (χ0n) is 46.9. The molecule has 75 heavy (non-hydrogen) atoms. The van der Waals surface area contributed by atoms with Crippen LogP contribution < -0.4 is 0 Å². The Labute approximate surface area is 448 Å². The predicted molar refractivity (Wildman–Crippen MR) is 276 cm³/mol. The second-order valence-electron chi connectivity index (χ2n) is 25.0. The maximum atomic E-state index is 16.0. The monoisotopic (exact) mass is 1080 g/mol. The number of carbonyl (C=O) groups is 4. The Morgan fingerprint density at radius 3 is 2.24 bits per heavy atom. The number of ether oxygens (including phenoxy) is 5. The Hall–Kier alpha value is -2.62. The van der Waals surface area contributed by atoms with Crippen LogP contribution in [0.4, 0.5) is 4.39 Å². The van der Waals surface area contributed by atoms with E-state index in [0.717, 1.165) is 0 Å². The van der Waals surface area contributed by atoms with Crippen LogP contribution in [0.25, 0.3) is 0 Å². The second kappa shape index (κ2) is 22.9. The fourth-order valence-corrected chi connectivity index (χ4v) is 15.1. The molecule has 2 aliphatic heterocycles. The summed E-state index contributed by atoms with van der Waals surface area (Å²) in [4.78, 5) is 56.5. The summed E-state index contributed by atoms with van der Waals surface area (Å²) in [5.74, 6) is -7.10. The van der Waals surface area contributed by atoms with Crippen LogP contribution in [0, 0.1) is 46.3 Å². The van der Waals surface area contributed by atoms with E-state index in [-0.39, 0.29) is 75.2 Å². The average Bonchev–Trinajstić information content (AvgIpc) is 3.53. The molecule has 0 amide bonds. The predicted octanol–water partition coefficient (Wildman–Crippen LogP) is 5.15. The van der Waals surface area contributed by atoms with Crippen LogP contribution in [-0.2, 0) is 42.9 Å². The van der Waals surface area contributed by atoms with Crippen LogP contribution in [-0.4, -0.2) is 181 Å². The van der Waals surface area contributed by atoms with Crippen molar-refractivity contribution in [3.63, 3.8) is 0 Å². The third kappa shape index (κ3) is 11.2. The van der Waals surface area contributed by atoms with E-state index >= 15 is 4.39 Å². The number of rotatable bonds is 11. The van der Waals surface area contributed by atoms with E-state index in [4.69, 9.17) is 35.3 Å². The number of aliphatic hydroxyl groups is 6. The lowest BCUT2D eigenvalue weighted by Gasteiger charge is -2.63. The molecule has 0 spiro atoms. The zero-order chi connectivity index (χ0) is 56.3. The number of alkyl halides is 1. The van der Waals surface area contributed by atoms with Crippen molar-refractivity contribution in [1.82, 2.24) is 9.80 Å². The van der Waals surface area contributed by atoms with Gasteiger partial charge in [-0.25, -0.2) is 9.18 Å². The first kappa shape index (κ1) is 61.6. The molecule has 0 aromatic heterocycles. The minimum Gasteiger partial charge on any atom is -0.464 e. The number of unbranched alkanes of at least 4 members (excludes halogenated alkanes) is 1. The number of fused-ring (bicyclic) bond motifs is 5. The van der Waals surface area contributed by atoms with Crippen molar-refractivity contribution in [2.45, 2.75) is 223 Å². The van der Waals surface area contributed by atoms with Crippen LogP contribution in [0.15, 0.2) is 23.6 Å². The molecule has 0 radical (unpaired) electrons. The highest BCUT2D eigenvalue weighted by Crippen LogP contribution is 2.72. The Morgan fingerprint density at radius 1 is 0.960 bits per heavy atom. The van der Waals surface area contributed by atoms with E-state index in [1.165, 1.54) is 19.9 Å². The molecule has 4 aliphatic carbocycles. The summed E-state index contributed by atoms with van der Waals surface area (Å²) in [6, 6.07) is -1.01. The first-order valence-electron chi connectivity index (χ1n) is 27.4. The maximum absolute atomic E-state index is 16.0. The highest BCUT2D eigenvalue weighted by Gasteiger charge is 2.76. The lowest BCUT2D eigenvalue weighted by Crippen LogP contribution is -2.69. The summed E-state index contributed by atoms with van der Waals surface area (Å²) in [6.45, 7) is 18.9. The van der Waals surface area contributed by atoms with Gasteiger partial charge < -0.3 is 64.1 Å². The number of nitrogens with zero attached hydrogens (tertiary/aromatic N) is 2. The smallest absolute Gasteiger partial charge is 0.338 e. The summed E-state index contributed by atoms with van der Waals surface area (Å²) < 4.78 is 47.0. The molecule has 17 nitrogen and oxygen atoms in total. The number of aliphatic hydroxyl groups excluding tert-OH is 3. The number of likely N-dealkylation sites (N-methyl/N-ethyl adjacent to an activating group) is 2. The van der Waals surface area contributed by atoms with Gasteiger partial charge in [0.25, 0.3) is 0 Å². The summed E-state index contributed by atoms with van der Waals surface area (Å²) in [5, 5.41) is 71.8. The van der Waals surface area contributed by atoms with E-state index in [9.17, 15) is 49.8 Å². The number of hydrogen-bond acceptors (Lipinski definition) is 17. The summed E-state index contributed by atoms with van der Waals surface area (Å²) >= 11 is 7.48. The van der Waals surface area contributed by atoms with E-state index in [0.29, 0.717) is 19.4 Å². The minimum absolute atomic E-state index is 0.0637. The number of halogens is 2. The fraction of sp³-hybridized carbons (Fsp3) is 0.857. The molecule has 0 bridgehead atoms. The normalized spacial score (nSPS) is 47.2. The molecule has 2 unspecified atom stereocenters. The van der Waals surface area contributed by atoms with Gasteiger partial charge in [-0.3, -0.25) is 14.4 Å². The number of hydrogen-bond donors (Lipinski definition) is 6. The molecule has 2 saturated carbocycles. The quantitative estimate of drug-likeness (QED) is 0.0678.